The van der Waals surface area contributed by atoms with Gasteiger partial charge in [-0.05, 0) is 18.1 Å². The van der Waals surface area contributed by atoms with Gasteiger partial charge in [-0.3, -0.25) is 4.55 Å². The molecule has 0 spiro atoms. The van der Waals surface area contributed by atoms with Gasteiger partial charge in [0.05, 0.1) is 10.9 Å². The third-order valence-electron chi connectivity index (χ3n) is 2.85. The SMILES string of the molecule is CC[C@@H](C)[C@H](COS(=O)(=O)O)NS(=O)(=O)c1ccc(Cl)s1. The highest BCUT2D eigenvalue weighted by molar-refractivity contribution is 7.91. The first-order chi connectivity index (χ1) is 9.55. The molecular formula is C10H16ClNO6S3. The lowest BCUT2D eigenvalue weighted by molar-refractivity contribution is 0.216. The van der Waals surface area contributed by atoms with Crippen LogP contribution in [0, 0.1) is 5.92 Å². The average molecular weight is 378 g/mol. The summed E-state index contributed by atoms with van der Waals surface area (Å²) in [6.45, 7) is 3.07. The highest BCUT2D eigenvalue weighted by atomic mass is 35.5. The van der Waals surface area contributed by atoms with E-state index in [0.29, 0.717) is 10.8 Å². The molecule has 0 aromatic carbocycles. The summed E-state index contributed by atoms with van der Waals surface area (Å²) in [6, 6.07) is 2.00. The van der Waals surface area contributed by atoms with Crippen molar-refractivity contribution in [2.24, 2.45) is 5.92 Å². The lowest BCUT2D eigenvalue weighted by Crippen LogP contribution is -2.42. The normalized spacial score (nSPS) is 15.8. The first-order valence-electron chi connectivity index (χ1n) is 5.94. The molecule has 0 aliphatic rings. The van der Waals surface area contributed by atoms with Crippen LogP contribution >= 0.6 is 22.9 Å². The second-order valence-electron chi connectivity index (χ2n) is 4.38. The predicted molar refractivity (Wildman–Crippen MR) is 80.4 cm³/mol. The van der Waals surface area contributed by atoms with Crippen LogP contribution in [0.3, 0.4) is 0 Å². The van der Waals surface area contributed by atoms with Gasteiger partial charge < -0.3 is 0 Å². The topological polar surface area (TPSA) is 110 Å². The molecule has 0 unspecified atom stereocenters. The third kappa shape index (κ3) is 6.19. The molecule has 0 aliphatic heterocycles. The summed E-state index contributed by atoms with van der Waals surface area (Å²) in [6.07, 6.45) is 0.590. The number of thiophene rings is 1. The lowest BCUT2D eigenvalue weighted by Gasteiger charge is -2.22. The van der Waals surface area contributed by atoms with Crippen LogP contribution in [0.2, 0.25) is 4.34 Å². The van der Waals surface area contributed by atoms with E-state index in [-0.39, 0.29) is 10.1 Å². The number of nitrogens with one attached hydrogen (secondary N) is 1. The standard InChI is InChI=1S/C10H16ClNO6S3/c1-3-7(2)8(6-18-21(15,16)17)12-20(13,14)10-5-4-9(11)19-10/h4-5,7-8,12H,3,6H2,1-2H3,(H,15,16,17)/t7-,8+/m1/s1. The number of halogens is 1. The zero-order valence-electron chi connectivity index (χ0n) is 11.3. The average Bonchev–Trinajstić information content (AvgIpc) is 2.80. The van der Waals surface area contributed by atoms with Crippen LogP contribution < -0.4 is 4.72 Å². The molecule has 0 saturated carbocycles. The van der Waals surface area contributed by atoms with Gasteiger partial charge in [-0.1, -0.05) is 31.9 Å². The van der Waals surface area contributed by atoms with Crippen LogP contribution in [0.5, 0.6) is 0 Å². The van der Waals surface area contributed by atoms with Crippen LogP contribution in [0.25, 0.3) is 0 Å². The summed E-state index contributed by atoms with van der Waals surface area (Å²) in [7, 11) is -8.46. The Hall–Kier alpha value is -0.230. The van der Waals surface area contributed by atoms with Gasteiger partial charge in [0.1, 0.15) is 4.21 Å². The Labute approximate surface area is 133 Å². The number of sulfonamides is 1. The van der Waals surface area contributed by atoms with Gasteiger partial charge in [-0.2, -0.15) is 8.42 Å². The van der Waals surface area contributed by atoms with E-state index in [0.717, 1.165) is 11.3 Å². The van der Waals surface area contributed by atoms with Crippen molar-refractivity contribution in [2.75, 3.05) is 6.61 Å². The van der Waals surface area contributed by atoms with E-state index in [4.69, 9.17) is 16.2 Å². The first-order valence-corrected chi connectivity index (χ1v) is 9.99. The zero-order valence-corrected chi connectivity index (χ0v) is 14.5. The van der Waals surface area contributed by atoms with Crippen molar-refractivity contribution in [3.8, 4) is 0 Å². The molecule has 1 rings (SSSR count). The number of rotatable bonds is 8. The Balaban J connectivity index is 2.90. The molecule has 0 aliphatic carbocycles. The molecule has 0 bridgehead atoms. The predicted octanol–water partition coefficient (Wildman–Crippen LogP) is 1.91. The molecule has 7 nitrogen and oxygen atoms in total. The smallest absolute Gasteiger partial charge is 0.264 e. The Kier molecular flexibility index (Phi) is 6.59. The highest BCUT2D eigenvalue weighted by Gasteiger charge is 2.26. The largest absolute Gasteiger partial charge is 0.397 e. The van der Waals surface area contributed by atoms with Gasteiger partial charge in [0.15, 0.2) is 0 Å². The molecule has 1 aromatic rings. The molecule has 0 radical (unpaired) electrons. The minimum Gasteiger partial charge on any atom is -0.264 e. The van der Waals surface area contributed by atoms with Crippen molar-refractivity contribution < 1.29 is 25.6 Å². The molecule has 0 amide bonds. The Morgan fingerprint density at radius 3 is 2.43 bits per heavy atom. The fourth-order valence-electron chi connectivity index (χ4n) is 1.46. The van der Waals surface area contributed by atoms with E-state index in [9.17, 15) is 16.8 Å². The third-order valence-corrected chi connectivity index (χ3v) is 6.49. The van der Waals surface area contributed by atoms with Crippen molar-refractivity contribution >= 4 is 43.4 Å². The first kappa shape index (κ1) is 18.8. The molecular weight excluding hydrogens is 362 g/mol. The van der Waals surface area contributed by atoms with Gasteiger partial charge in [0.2, 0.25) is 10.0 Å². The molecule has 0 saturated heterocycles. The van der Waals surface area contributed by atoms with Gasteiger partial charge >= 0.3 is 10.4 Å². The monoisotopic (exact) mass is 377 g/mol. The lowest BCUT2D eigenvalue weighted by atomic mass is 10.0. The van der Waals surface area contributed by atoms with Crippen molar-refractivity contribution in [1.29, 1.82) is 0 Å². The van der Waals surface area contributed by atoms with Crippen LogP contribution in [0.15, 0.2) is 16.3 Å². The Morgan fingerprint density at radius 1 is 1.38 bits per heavy atom. The Morgan fingerprint density at radius 2 is 2.00 bits per heavy atom. The molecule has 1 aromatic heterocycles. The molecule has 122 valence electrons. The Bertz CT molecular complexity index is 669. The van der Waals surface area contributed by atoms with Crippen molar-refractivity contribution in [3.05, 3.63) is 16.5 Å². The van der Waals surface area contributed by atoms with Crippen molar-refractivity contribution in [3.63, 3.8) is 0 Å². The summed E-state index contributed by atoms with van der Waals surface area (Å²) in [4.78, 5) is 0. The summed E-state index contributed by atoms with van der Waals surface area (Å²) >= 11 is 6.59. The summed E-state index contributed by atoms with van der Waals surface area (Å²) in [5.74, 6) is -0.197. The maximum Gasteiger partial charge on any atom is 0.397 e. The molecule has 21 heavy (non-hydrogen) atoms. The molecule has 1 heterocycles. The number of hydrogen-bond acceptors (Lipinski definition) is 6. The van der Waals surface area contributed by atoms with Crippen molar-refractivity contribution in [1.82, 2.24) is 4.72 Å². The molecule has 2 atom stereocenters. The molecule has 0 fully saturated rings. The zero-order chi connectivity index (χ0) is 16.3. The van der Waals surface area contributed by atoms with E-state index in [1.807, 2.05) is 6.92 Å². The molecule has 11 heteroatoms. The minimum absolute atomic E-state index is 0.0210. The minimum atomic E-state index is -4.63. The van der Waals surface area contributed by atoms with Crippen molar-refractivity contribution in [2.45, 2.75) is 30.5 Å². The maximum atomic E-state index is 12.2. The number of hydrogen-bond donors (Lipinski definition) is 2. The molecule has 2 N–H and O–H groups in total. The quantitative estimate of drug-likeness (QED) is 0.669. The summed E-state index contributed by atoms with van der Waals surface area (Å²) in [5.41, 5.74) is 0. The van der Waals surface area contributed by atoms with E-state index in [1.165, 1.54) is 12.1 Å². The van der Waals surface area contributed by atoms with E-state index in [1.54, 1.807) is 6.92 Å². The van der Waals surface area contributed by atoms with Crippen LogP contribution in [-0.2, 0) is 24.6 Å². The second-order valence-corrected chi connectivity index (χ2v) is 9.13. The van der Waals surface area contributed by atoms with Crippen LogP contribution in [-0.4, -0.2) is 34.0 Å². The maximum absolute atomic E-state index is 12.2. The van der Waals surface area contributed by atoms with Gasteiger partial charge in [-0.15, -0.1) is 11.3 Å². The van der Waals surface area contributed by atoms with Gasteiger partial charge in [0, 0.05) is 6.04 Å². The van der Waals surface area contributed by atoms with Gasteiger partial charge in [0.25, 0.3) is 0 Å². The van der Waals surface area contributed by atoms with Crippen LogP contribution in [0.4, 0.5) is 0 Å². The second kappa shape index (κ2) is 7.36. The van der Waals surface area contributed by atoms with Crippen LogP contribution in [0.1, 0.15) is 20.3 Å². The van der Waals surface area contributed by atoms with Gasteiger partial charge in [-0.25, -0.2) is 17.3 Å². The van der Waals surface area contributed by atoms with E-state index < -0.39 is 33.1 Å². The van der Waals surface area contributed by atoms with E-state index >= 15 is 0 Å². The fraction of sp³-hybridized carbons (Fsp3) is 0.600. The van der Waals surface area contributed by atoms with E-state index in [2.05, 4.69) is 8.91 Å². The summed E-state index contributed by atoms with van der Waals surface area (Å²) < 4.78 is 61.2. The highest BCUT2D eigenvalue weighted by Crippen LogP contribution is 2.26. The summed E-state index contributed by atoms with van der Waals surface area (Å²) in [5, 5.41) is 0. The fourth-order valence-corrected chi connectivity index (χ4v) is 4.61.